The van der Waals surface area contributed by atoms with E-state index in [1.807, 2.05) is 11.8 Å². The lowest BCUT2D eigenvalue weighted by Crippen LogP contribution is -2.42. The van der Waals surface area contributed by atoms with E-state index in [-0.39, 0.29) is 12.2 Å². The maximum atomic E-state index is 12.4. The van der Waals surface area contributed by atoms with Crippen LogP contribution in [0.15, 0.2) is 0 Å². The van der Waals surface area contributed by atoms with Gasteiger partial charge in [-0.1, -0.05) is 33.6 Å². The Hall–Kier alpha value is -0.220. The summed E-state index contributed by atoms with van der Waals surface area (Å²) in [7, 11) is 0. The molecule has 1 aliphatic rings. The number of nitrogens with zero attached hydrogens (tertiary/aromatic N) is 1. The summed E-state index contributed by atoms with van der Waals surface area (Å²) in [4.78, 5) is 14.5. The molecule has 0 saturated carbocycles. The summed E-state index contributed by atoms with van der Waals surface area (Å²) in [6.45, 7) is 7.49. The molecule has 1 heterocycles. The van der Waals surface area contributed by atoms with Crippen LogP contribution in [0.4, 0.5) is 0 Å². The molecule has 4 heteroatoms. The van der Waals surface area contributed by atoms with Crippen molar-refractivity contribution in [1.29, 1.82) is 0 Å². The molecule has 1 amide bonds. The lowest BCUT2D eigenvalue weighted by Gasteiger charge is -2.27. The van der Waals surface area contributed by atoms with Crippen LogP contribution in [0.5, 0.6) is 0 Å². The Morgan fingerprint density at radius 3 is 2.63 bits per heavy atom. The molecule has 1 N–H and O–H groups in total. The van der Waals surface area contributed by atoms with Gasteiger partial charge in [0.1, 0.15) is 0 Å². The molecule has 1 saturated heterocycles. The number of carbonyl (C=O) groups excluding carboxylic acids is 1. The molecule has 112 valence electrons. The highest BCUT2D eigenvalue weighted by Crippen LogP contribution is 2.21. The Kier molecular flexibility index (Phi) is 7.84. The van der Waals surface area contributed by atoms with E-state index in [0.29, 0.717) is 11.8 Å². The maximum absolute atomic E-state index is 12.4. The van der Waals surface area contributed by atoms with Gasteiger partial charge in [-0.05, 0) is 37.2 Å². The van der Waals surface area contributed by atoms with Crippen molar-refractivity contribution in [2.24, 2.45) is 5.92 Å². The number of carbonyl (C=O) groups is 1. The predicted octanol–water partition coefficient (Wildman–Crippen LogP) is 3.10. The first-order valence-corrected chi connectivity index (χ1v) is 9.06. The molecule has 1 fully saturated rings. The van der Waals surface area contributed by atoms with E-state index in [1.165, 1.54) is 12.2 Å². The summed E-state index contributed by atoms with van der Waals surface area (Å²) < 4.78 is 0. The molecule has 0 aromatic heterocycles. The Morgan fingerprint density at radius 1 is 1.32 bits per heavy atom. The second-order valence-corrected chi connectivity index (χ2v) is 6.77. The molecule has 0 aromatic carbocycles. The maximum Gasteiger partial charge on any atom is 0.241 e. The molecule has 3 nitrogen and oxygen atoms in total. The van der Waals surface area contributed by atoms with Gasteiger partial charge in [-0.2, -0.15) is 11.8 Å². The molecule has 2 atom stereocenters. The SMILES string of the molecule is CCCCC1NC(C(C)C)N(CCCCSC)C1=O. The monoisotopic (exact) mass is 286 g/mol. The third-order valence-electron chi connectivity index (χ3n) is 3.76. The summed E-state index contributed by atoms with van der Waals surface area (Å²) in [6.07, 6.45) is 7.98. The largest absolute Gasteiger partial charge is 0.326 e. The van der Waals surface area contributed by atoms with Gasteiger partial charge < -0.3 is 4.90 Å². The third-order valence-corrected chi connectivity index (χ3v) is 4.46. The van der Waals surface area contributed by atoms with Crippen LogP contribution in [-0.4, -0.2) is 41.6 Å². The minimum atomic E-state index is 0.0629. The zero-order chi connectivity index (χ0) is 14.3. The molecule has 19 heavy (non-hydrogen) atoms. The van der Waals surface area contributed by atoms with Crippen LogP contribution < -0.4 is 5.32 Å². The lowest BCUT2D eigenvalue weighted by atomic mass is 10.1. The second-order valence-electron chi connectivity index (χ2n) is 5.78. The number of unbranched alkanes of at least 4 members (excludes halogenated alkanes) is 2. The van der Waals surface area contributed by atoms with Crippen molar-refractivity contribution in [1.82, 2.24) is 10.2 Å². The van der Waals surface area contributed by atoms with E-state index in [2.05, 4.69) is 37.2 Å². The normalized spacial score (nSPS) is 23.6. The van der Waals surface area contributed by atoms with Crippen LogP contribution in [0.1, 0.15) is 52.9 Å². The Morgan fingerprint density at radius 2 is 2.05 bits per heavy atom. The predicted molar refractivity (Wildman–Crippen MR) is 84.4 cm³/mol. The van der Waals surface area contributed by atoms with E-state index >= 15 is 0 Å². The van der Waals surface area contributed by atoms with E-state index in [9.17, 15) is 4.79 Å². The molecular weight excluding hydrogens is 256 g/mol. The highest BCUT2D eigenvalue weighted by molar-refractivity contribution is 7.98. The van der Waals surface area contributed by atoms with Crippen LogP contribution in [0.25, 0.3) is 0 Å². The zero-order valence-corrected chi connectivity index (χ0v) is 13.8. The quantitative estimate of drug-likeness (QED) is 0.661. The van der Waals surface area contributed by atoms with Gasteiger partial charge in [-0.15, -0.1) is 0 Å². The number of hydrogen-bond acceptors (Lipinski definition) is 3. The molecule has 0 bridgehead atoms. The molecule has 0 aromatic rings. The molecular formula is C15H30N2OS. The van der Waals surface area contributed by atoms with Gasteiger partial charge in [-0.25, -0.2) is 0 Å². The Balaban J connectivity index is 2.51. The van der Waals surface area contributed by atoms with Crippen molar-refractivity contribution in [3.63, 3.8) is 0 Å². The smallest absolute Gasteiger partial charge is 0.241 e. The van der Waals surface area contributed by atoms with Gasteiger partial charge in [-0.3, -0.25) is 10.1 Å². The first kappa shape index (κ1) is 16.8. The van der Waals surface area contributed by atoms with E-state index in [1.54, 1.807) is 0 Å². The van der Waals surface area contributed by atoms with E-state index < -0.39 is 0 Å². The first-order valence-electron chi connectivity index (χ1n) is 7.67. The summed E-state index contributed by atoms with van der Waals surface area (Å²) >= 11 is 1.88. The van der Waals surface area contributed by atoms with Gasteiger partial charge in [0, 0.05) is 6.54 Å². The van der Waals surface area contributed by atoms with Crippen LogP contribution in [0.3, 0.4) is 0 Å². The van der Waals surface area contributed by atoms with Crippen molar-refractivity contribution >= 4 is 17.7 Å². The number of amides is 1. The highest BCUT2D eigenvalue weighted by atomic mass is 32.2. The summed E-state index contributed by atoms with van der Waals surface area (Å²) in [6, 6.07) is 0.0629. The number of nitrogens with one attached hydrogen (secondary N) is 1. The van der Waals surface area contributed by atoms with Crippen LogP contribution in [0.2, 0.25) is 0 Å². The average Bonchev–Trinajstić information content (AvgIpc) is 2.70. The fourth-order valence-corrected chi connectivity index (χ4v) is 3.14. The van der Waals surface area contributed by atoms with Crippen LogP contribution >= 0.6 is 11.8 Å². The van der Waals surface area contributed by atoms with Crippen molar-refractivity contribution in [3.05, 3.63) is 0 Å². The fraction of sp³-hybridized carbons (Fsp3) is 0.933. The minimum absolute atomic E-state index is 0.0629. The average molecular weight is 286 g/mol. The third kappa shape index (κ3) is 4.99. The Bertz CT molecular complexity index is 271. The zero-order valence-electron chi connectivity index (χ0n) is 12.9. The first-order chi connectivity index (χ1) is 9.11. The Labute approximate surface area is 122 Å². The van der Waals surface area contributed by atoms with Crippen molar-refractivity contribution in [3.8, 4) is 0 Å². The number of hydrogen-bond donors (Lipinski definition) is 1. The summed E-state index contributed by atoms with van der Waals surface area (Å²) in [5.74, 6) is 2.01. The standard InChI is InChI=1S/C15H30N2OS/c1-5-6-9-13-15(18)17(10-7-8-11-19-4)14(16-13)12(2)3/h12-14,16H,5-11H2,1-4H3. The number of rotatable bonds is 9. The van der Waals surface area contributed by atoms with Gasteiger partial charge >= 0.3 is 0 Å². The molecule has 0 aliphatic carbocycles. The number of thioether (sulfide) groups is 1. The molecule has 1 aliphatic heterocycles. The highest BCUT2D eigenvalue weighted by Gasteiger charge is 2.38. The summed E-state index contributed by atoms with van der Waals surface area (Å²) in [5, 5.41) is 3.54. The molecule has 2 unspecified atom stereocenters. The fourth-order valence-electron chi connectivity index (χ4n) is 2.65. The molecule has 0 spiro atoms. The van der Waals surface area contributed by atoms with Gasteiger partial charge in [0.15, 0.2) is 0 Å². The van der Waals surface area contributed by atoms with Crippen molar-refractivity contribution in [2.45, 2.75) is 65.1 Å². The van der Waals surface area contributed by atoms with Gasteiger partial charge in [0.25, 0.3) is 0 Å². The van der Waals surface area contributed by atoms with Crippen LogP contribution in [0, 0.1) is 5.92 Å². The molecule has 1 rings (SSSR count). The minimum Gasteiger partial charge on any atom is -0.326 e. The van der Waals surface area contributed by atoms with Crippen molar-refractivity contribution < 1.29 is 4.79 Å². The second kappa shape index (κ2) is 8.85. The van der Waals surface area contributed by atoms with Crippen molar-refractivity contribution in [2.75, 3.05) is 18.6 Å². The summed E-state index contributed by atoms with van der Waals surface area (Å²) in [5.41, 5.74) is 0. The molecule has 0 radical (unpaired) electrons. The topological polar surface area (TPSA) is 32.3 Å². The van der Waals surface area contributed by atoms with Gasteiger partial charge in [0.2, 0.25) is 5.91 Å². The van der Waals surface area contributed by atoms with E-state index in [4.69, 9.17) is 0 Å². The lowest BCUT2D eigenvalue weighted by molar-refractivity contribution is -0.130. The van der Waals surface area contributed by atoms with E-state index in [0.717, 1.165) is 32.2 Å². The van der Waals surface area contributed by atoms with Gasteiger partial charge in [0.05, 0.1) is 12.2 Å². The van der Waals surface area contributed by atoms with Crippen LogP contribution in [-0.2, 0) is 4.79 Å².